The van der Waals surface area contributed by atoms with Crippen LogP contribution in [-0.2, 0) is 24.2 Å². The highest BCUT2D eigenvalue weighted by molar-refractivity contribution is 5.94. The van der Waals surface area contributed by atoms with E-state index in [1.807, 2.05) is 23.8 Å². The third-order valence-corrected chi connectivity index (χ3v) is 8.21. The molecule has 1 saturated heterocycles. The van der Waals surface area contributed by atoms with Crippen molar-refractivity contribution < 1.29 is 13.6 Å². The summed E-state index contributed by atoms with van der Waals surface area (Å²) < 4.78 is 30.0. The molecule has 0 saturated carbocycles. The molecule has 2 heterocycles. The fraction of sp³-hybridized carbons (Fsp3) is 0.484. The molecular formula is C31H40F2N6O. The zero-order chi connectivity index (χ0) is 28.1. The van der Waals surface area contributed by atoms with Crippen molar-refractivity contribution in [1.82, 2.24) is 24.7 Å². The summed E-state index contributed by atoms with van der Waals surface area (Å²) >= 11 is 0. The lowest BCUT2D eigenvalue weighted by Gasteiger charge is -2.34. The number of carbonyl (C=O) groups is 1. The molecular weight excluding hydrogens is 510 g/mol. The van der Waals surface area contributed by atoms with Gasteiger partial charge in [-0.3, -0.25) is 9.69 Å². The van der Waals surface area contributed by atoms with Gasteiger partial charge in [0.05, 0.1) is 17.9 Å². The number of nitrogens with one attached hydrogen (secondary N) is 2. The number of halogens is 2. The van der Waals surface area contributed by atoms with Crippen molar-refractivity contribution >= 4 is 11.7 Å². The van der Waals surface area contributed by atoms with Crippen LogP contribution in [0.25, 0.3) is 5.69 Å². The monoisotopic (exact) mass is 550 g/mol. The first-order chi connectivity index (χ1) is 19.4. The fourth-order valence-electron chi connectivity index (χ4n) is 5.93. The lowest BCUT2D eigenvalue weighted by Crippen LogP contribution is -2.48. The largest absolute Gasteiger partial charge is 0.308 e. The minimum Gasteiger partial charge on any atom is -0.308 e. The number of carbonyl (C=O) groups excluding carboxylic acids is 1. The zero-order valence-electron chi connectivity index (χ0n) is 23.5. The number of hydrogen-bond acceptors (Lipinski definition) is 5. The Morgan fingerprint density at radius 1 is 1.10 bits per heavy atom. The molecule has 2 aromatic carbocycles. The van der Waals surface area contributed by atoms with Crippen LogP contribution in [0.4, 0.5) is 14.6 Å². The summed E-state index contributed by atoms with van der Waals surface area (Å²) in [6, 6.07) is 10.2. The van der Waals surface area contributed by atoms with Crippen molar-refractivity contribution in [2.75, 3.05) is 38.0 Å². The summed E-state index contributed by atoms with van der Waals surface area (Å²) in [4.78, 5) is 22.7. The molecule has 9 heteroatoms. The van der Waals surface area contributed by atoms with Crippen LogP contribution in [0.3, 0.4) is 0 Å². The number of amides is 1. The summed E-state index contributed by atoms with van der Waals surface area (Å²) in [6.45, 7) is 10.5. The number of nitrogens with zero attached hydrogens (tertiary/aromatic N) is 4. The van der Waals surface area contributed by atoms with Crippen LogP contribution in [0, 0.1) is 11.6 Å². The Morgan fingerprint density at radius 2 is 1.88 bits per heavy atom. The van der Waals surface area contributed by atoms with Crippen LogP contribution >= 0.6 is 0 Å². The molecule has 1 aliphatic carbocycles. The number of fused-ring (bicyclic) bond motifs is 1. The average Bonchev–Trinajstić information content (AvgIpc) is 3.42. The summed E-state index contributed by atoms with van der Waals surface area (Å²) in [5.74, 6) is -0.705. The van der Waals surface area contributed by atoms with E-state index in [1.54, 1.807) is 6.33 Å². The summed E-state index contributed by atoms with van der Waals surface area (Å²) in [5, 5.41) is 6.43. The third kappa shape index (κ3) is 6.77. The Hall–Kier alpha value is -3.14. The van der Waals surface area contributed by atoms with Gasteiger partial charge in [-0.1, -0.05) is 38.5 Å². The highest BCUT2D eigenvalue weighted by Gasteiger charge is 2.27. The molecule has 3 aromatic rings. The first-order valence-electron chi connectivity index (χ1n) is 14.5. The van der Waals surface area contributed by atoms with Crippen LogP contribution in [0.5, 0.6) is 0 Å². The van der Waals surface area contributed by atoms with Crippen LogP contribution < -0.4 is 10.6 Å². The fourth-order valence-corrected chi connectivity index (χ4v) is 5.93. The van der Waals surface area contributed by atoms with Gasteiger partial charge in [-0.2, -0.15) is 0 Å². The van der Waals surface area contributed by atoms with Crippen LogP contribution in [-0.4, -0.2) is 70.1 Å². The lowest BCUT2D eigenvalue weighted by molar-refractivity contribution is -0.118. The van der Waals surface area contributed by atoms with Gasteiger partial charge in [-0.25, -0.2) is 13.8 Å². The second-order valence-electron chi connectivity index (χ2n) is 11.0. The second kappa shape index (κ2) is 13.0. The maximum Gasteiger partial charge on any atom is 0.242 e. The number of piperazine rings is 1. The van der Waals surface area contributed by atoms with Gasteiger partial charge in [0.15, 0.2) is 5.82 Å². The molecule has 5 rings (SSSR count). The number of aryl methyl sites for hydroxylation is 1. The number of aromatic nitrogens is 2. The Bertz CT molecular complexity index is 1300. The molecule has 0 radical (unpaired) electrons. The predicted octanol–water partition coefficient (Wildman–Crippen LogP) is 4.54. The quantitative estimate of drug-likeness (QED) is 0.388. The molecule has 2 atom stereocenters. The smallest absolute Gasteiger partial charge is 0.242 e. The Labute approximate surface area is 235 Å². The van der Waals surface area contributed by atoms with Crippen molar-refractivity contribution in [3.63, 3.8) is 0 Å². The molecule has 1 amide bonds. The van der Waals surface area contributed by atoms with E-state index < -0.39 is 17.7 Å². The SMILES string of the molecule is CCC[C@H](N[C@H]1CCc2cc(F)cc(F)c2C1)C(=O)Nc1cn(-c2ccccc2CN2CCN(CC)CC2)cn1. The molecule has 1 aliphatic heterocycles. The maximum absolute atomic E-state index is 14.4. The van der Waals surface area contributed by atoms with E-state index in [2.05, 4.69) is 50.5 Å². The molecule has 2 aliphatic rings. The van der Waals surface area contributed by atoms with Gasteiger partial charge >= 0.3 is 0 Å². The van der Waals surface area contributed by atoms with Crippen LogP contribution in [0.2, 0.25) is 0 Å². The first kappa shape index (κ1) is 28.4. The van der Waals surface area contributed by atoms with Crippen molar-refractivity contribution in [3.05, 3.63) is 77.2 Å². The van der Waals surface area contributed by atoms with Gasteiger partial charge in [0, 0.05) is 44.8 Å². The molecule has 0 unspecified atom stereocenters. The molecule has 0 spiro atoms. The standard InChI is InChI=1S/C31H40F2N6O/c1-3-7-28(35-25-11-10-22-16-24(32)17-27(33)26(22)18-25)31(40)36-30-20-39(21-34-30)29-9-6-5-8-23(29)19-38-14-12-37(4-2)13-15-38/h5-6,8-9,16-17,20-21,25,28,35H,3-4,7,10-15,18-19H2,1-2H3,(H,36,40)/t25-,28-/m0/s1. The molecule has 7 nitrogen and oxygen atoms in total. The number of likely N-dealkylation sites (N-methyl/N-ethyl adjacent to an activating group) is 1. The number of hydrogen-bond donors (Lipinski definition) is 2. The van der Waals surface area contributed by atoms with Crippen molar-refractivity contribution in [2.24, 2.45) is 0 Å². The van der Waals surface area contributed by atoms with E-state index in [4.69, 9.17) is 0 Å². The molecule has 0 bridgehead atoms. The highest BCUT2D eigenvalue weighted by Crippen LogP contribution is 2.26. The van der Waals surface area contributed by atoms with Crippen molar-refractivity contribution in [3.8, 4) is 5.69 Å². The first-order valence-corrected chi connectivity index (χ1v) is 14.5. The maximum atomic E-state index is 14.4. The van der Waals surface area contributed by atoms with Gasteiger partial charge in [0.1, 0.15) is 18.0 Å². The topological polar surface area (TPSA) is 65.4 Å². The van der Waals surface area contributed by atoms with E-state index >= 15 is 0 Å². The molecule has 214 valence electrons. The minimum absolute atomic E-state index is 0.0570. The zero-order valence-corrected chi connectivity index (χ0v) is 23.5. The van der Waals surface area contributed by atoms with Crippen molar-refractivity contribution in [2.45, 2.75) is 64.6 Å². The normalized spacial score (nSPS) is 18.9. The number of imidazole rings is 1. The minimum atomic E-state index is -0.539. The van der Waals surface area contributed by atoms with E-state index in [9.17, 15) is 13.6 Å². The lowest BCUT2D eigenvalue weighted by atomic mass is 9.87. The van der Waals surface area contributed by atoms with E-state index in [0.717, 1.165) is 69.4 Å². The van der Waals surface area contributed by atoms with Gasteiger partial charge in [0.2, 0.25) is 5.91 Å². The summed E-state index contributed by atoms with van der Waals surface area (Å²) in [7, 11) is 0. The second-order valence-corrected chi connectivity index (χ2v) is 11.0. The van der Waals surface area contributed by atoms with Gasteiger partial charge in [-0.15, -0.1) is 0 Å². The van der Waals surface area contributed by atoms with E-state index in [1.165, 1.54) is 11.6 Å². The van der Waals surface area contributed by atoms with E-state index in [0.29, 0.717) is 30.6 Å². The number of rotatable bonds is 10. The van der Waals surface area contributed by atoms with Gasteiger partial charge < -0.3 is 20.1 Å². The highest BCUT2D eigenvalue weighted by atomic mass is 19.1. The average molecular weight is 551 g/mol. The van der Waals surface area contributed by atoms with Gasteiger partial charge in [-0.05, 0) is 61.1 Å². The molecule has 2 N–H and O–H groups in total. The molecule has 1 fully saturated rings. The Balaban J connectivity index is 1.22. The molecule has 1 aromatic heterocycles. The van der Waals surface area contributed by atoms with Gasteiger partial charge in [0.25, 0.3) is 0 Å². The van der Waals surface area contributed by atoms with Crippen LogP contribution in [0.15, 0.2) is 48.9 Å². The number of benzene rings is 2. The summed E-state index contributed by atoms with van der Waals surface area (Å²) in [5.41, 5.74) is 3.54. The Morgan fingerprint density at radius 3 is 2.65 bits per heavy atom. The van der Waals surface area contributed by atoms with Crippen LogP contribution in [0.1, 0.15) is 49.8 Å². The molecule has 40 heavy (non-hydrogen) atoms. The number of anilines is 1. The predicted molar refractivity (Wildman–Crippen MR) is 154 cm³/mol. The third-order valence-electron chi connectivity index (χ3n) is 8.21. The summed E-state index contributed by atoms with van der Waals surface area (Å²) in [6.07, 6.45) is 6.82. The van der Waals surface area contributed by atoms with E-state index in [-0.39, 0.29) is 11.9 Å². The Kier molecular flexibility index (Phi) is 9.24. The number of para-hydroxylation sites is 1. The van der Waals surface area contributed by atoms with Crippen molar-refractivity contribution in [1.29, 1.82) is 0 Å².